The average molecular weight is 384 g/mol. The van der Waals surface area contributed by atoms with Crippen LogP contribution in [-0.2, 0) is 0 Å². The average Bonchev–Trinajstić information content (AvgIpc) is 2.67. The summed E-state index contributed by atoms with van der Waals surface area (Å²) in [7, 11) is 0. The van der Waals surface area contributed by atoms with Crippen molar-refractivity contribution in [3.63, 3.8) is 0 Å². The van der Waals surface area contributed by atoms with Crippen LogP contribution in [-0.4, -0.2) is 28.8 Å². The van der Waals surface area contributed by atoms with Crippen LogP contribution in [0.4, 0.5) is 5.69 Å². The molecule has 2 rings (SSSR count). The number of benzene rings is 2. The highest BCUT2D eigenvalue weighted by molar-refractivity contribution is 7.80. The van der Waals surface area contributed by atoms with Crippen LogP contribution in [0.15, 0.2) is 66.3 Å². The number of hydrogen-bond donors (Lipinski definition) is 2. The fourth-order valence-corrected chi connectivity index (χ4v) is 2.04. The minimum absolute atomic E-state index is 0.0968. The van der Waals surface area contributed by atoms with Crippen molar-refractivity contribution in [1.82, 2.24) is 10.7 Å². The molecule has 8 nitrogen and oxygen atoms in total. The number of nitrogens with one attached hydrogen (secondary N) is 2. The molecule has 0 aromatic heterocycles. The third-order valence-electron chi connectivity index (χ3n) is 3.17. The van der Waals surface area contributed by atoms with Crippen molar-refractivity contribution in [3.05, 3.63) is 82.4 Å². The lowest BCUT2D eigenvalue weighted by molar-refractivity contribution is -0.384. The standard InChI is InChI=1S/C18H16N4O4S/c1-2-10-19-18(27)21-20-12-13-6-8-16(9-7-13)26-17(23)14-4-3-5-15(11-14)22(24)25/h2-9,11-12H,1,10H2,(H2,19,21,27)/b20-12-. The van der Waals surface area contributed by atoms with Crippen molar-refractivity contribution in [1.29, 1.82) is 0 Å². The van der Waals surface area contributed by atoms with Crippen molar-refractivity contribution in [2.45, 2.75) is 0 Å². The Labute approximate surface area is 160 Å². The van der Waals surface area contributed by atoms with Crippen molar-refractivity contribution in [3.8, 4) is 5.75 Å². The van der Waals surface area contributed by atoms with Crippen LogP contribution in [0.5, 0.6) is 5.75 Å². The molecule has 9 heteroatoms. The van der Waals surface area contributed by atoms with Gasteiger partial charge in [-0.2, -0.15) is 5.10 Å². The molecule has 0 heterocycles. The predicted octanol–water partition coefficient (Wildman–Crippen LogP) is 2.80. The Balaban J connectivity index is 1.94. The van der Waals surface area contributed by atoms with Crippen LogP contribution in [0.2, 0.25) is 0 Å². The van der Waals surface area contributed by atoms with Gasteiger partial charge in [0.05, 0.1) is 16.7 Å². The van der Waals surface area contributed by atoms with Crippen molar-refractivity contribution in [2.24, 2.45) is 5.10 Å². The summed E-state index contributed by atoms with van der Waals surface area (Å²) in [4.78, 5) is 22.3. The molecule has 2 N–H and O–H groups in total. The third-order valence-corrected chi connectivity index (χ3v) is 3.41. The second-order valence-electron chi connectivity index (χ2n) is 5.13. The molecule has 0 atom stereocenters. The summed E-state index contributed by atoms with van der Waals surface area (Å²) in [5.41, 5.74) is 3.32. The molecule has 0 spiro atoms. The summed E-state index contributed by atoms with van der Waals surface area (Å²) in [6.07, 6.45) is 3.22. The predicted molar refractivity (Wildman–Crippen MR) is 106 cm³/mol. The van der Waals surface area contributed by atoms with E-state index in [0.717, 1.165) is 5.56 Å². The van der Waals surface area contributed by atoms with Gasteiger partial charge in [-0.15, -0.1) is 6.58 Å². The maximum absolute atomic E-state index is 12.1. The molecule has 0 aliphatic heterocycles. The minimum atomic E-state index is -0.680. The lowest BCUT2D eigenvalue weighted by Crippen LogP contribution is -2.31. The van der Waals surface area contributed by atoms with Crippen LogP contribution in [0.1, 0.15) is 15.9 Å². The fourth-order valence-electron chi connectivity index (χ4n) is 1.90. The Morgan fingerprint density at radius 3 is 2.70 bits per heavy atom. The van der Waals surface area contributed by atoms with Gasteiger partial charge in [0.25, 0.3) is 5.69 Å². The molecule has 0 aliphatic rings. The van der Waals surface area contributed by atoms with Crippen molar-refractivity contribution in [2.75, 3.05) is 6.54 Å². The van der Waals surface area contributed by atoms with E-state index in [2.05, 4.69) is 22.4 Å². The van der Waals surface area contributed by atoms with Crippen LogP contribution < -0.4 is 15.5 Å². The number of nitro benzene ring substituents is 1. The first-order valence-electron chi connectivity index (χ1n) is 7.74. The van der Waals surface area contributed by atoms with E-state index in [4.69, 9.17) is 17.0 Å². The lowest BCUT2D eigenvalue weighted by Gasteiger charge is -2.05. The largest absolute Gasteiger partial charge is 0.423 e. The smallest absolute Gasteiger partial charge is 0.343 e. The van der Waals surface area contributed by atoms with E-state index in [0.29, 0.717) is 17.4 Å². The molecule has 2 aromatic rings. The number of esters is 1. The molecule has 0 saturated heterocycles. The minimum Gasteiger partial charge on any atom is -0.423 e. The summed E-state index contributed by atoms with van der Waals surface area (Å²) in [6, 6.07) is 11.9. The molecule has 0 radical (unpaired) electrons. The van der Waals surface area contributed by atoms with Crippen molar-refractivity contribution < 1.29 is 14.5 Å². The first-order valence-corrected chi connectivity index (χ1v) is 8.15. The topological polar surface area (TPSA) is 106 Å². The van der Waals surface area contributed by atoms with Crippen LogP contribution in [0, 0.1) is 10.1 Å². The monoisotopic (exact) mass is 384 g/mol. The zero-order valence-corrected chi connectivity index (χ0v) is 14.9. The maximum atomic E-state index is 12.1. The Hall–Kier alpha value is -3.59. The van der Waals surface area contributed by atoms with E-state index < -0.39 is 10.9 Å². The number of carbonyl (C=O) groups excluding carboxylic acids is 1. The second-order valence-corrected chi connectivity index (χ2v) is 5.54. The van der Waals surface area contributed by atoms with Gasteiger partial charge in [-0.25, -0.2) is 4.79 Å². The number of non-ortho nitro benzene ring substituents is 1. The van der Waals surface area contributed by atoms with Gasteiger partial charge in [0.15, 0.2) is 5.11 Å². The summed E-state index contributed by atoms with van der Waals surface area (Å²) in [6.45, 7) is 4.10. The van der Waals surface area contributed by atoms with E-state index >= 15 is 0 Å². The molecule has 0 amide bonds. The Morgan fingerprint density at radius 2 is 2.04 bits per heavy atom. The molecule has 2 aromatic carbocycles. The molecule has 0 bridgehead atoms. The number of hydrazone groups is 1. The number of ether oxygens (including phenoxy) is 1. The highest BCUT2D eigenvalue weighted by atomic mass is 32.1. The normalized spacial score (nSPS) is 10.2. The summed E-state index contributed by atoms with van der Waals surface area (Å²) in [5.74, 6) is -0.375. The molecular weight excluding hydrogens is 368 g/mol. The molecular formula is C18H16N4O4S. The van der Waals surface area contributed by atoms with E-state index in [1.807, 2.05) is 0 Å². The summed E-state index contributed by atoms with van der Waals surface area (Å²) < 4.78 is 5.22. The lowest BCUT2D eigenvalue weighted by atomic mass is 10.2. The molecule has 138 valence electrons. The maximum Gasteiger partial charge on any atom is 0.343 e. The van der Waals surface area contributed by atoms with E-state index in [9.17, 15) is 14.9 Å². The number of nitrogens with zero attached hydrogens (tertiary/aromatic N) is 2. The summed E-state index contributed by atoms with van der Waals surface area (Å²) >= 11 is 4.99. The number of rotatable bonds is 7. The number of thiocarbonyl (C=S) groups is 1. The summed E-state index contributed by atoms with van der Waals surface area (Å²) in [5, 5.41) is 18.0. The van der Waals surface area contributed by atoms with Crippen LogP contribution in [0.25, 0.3) is 0 Å². The molecule has 27 heavy (non-hydrogen) atoms. The Morgan fingerprint density at radius 1 is 1.30 bits per heavy atom. The van der Waals surface area contributed by atoms with E-state index in [1.165, 1.54) is 24.3 Å². The molecule has 0 unspecified atom stereocenters. The Kier molecular flexibility index (Phi) is 7.15. The van der Waals surface area contributed by atoms with Gasteiger partial charge >= 0.3 is 5.97 Å². The van der Waals surface area contributed by atoms with Gasteiger partial charge in [-0.3, -0.25) is 15.5 Å². The van der Waals surface area contributed by atoms with Gasteiger partial charge in [-0.05, 0) is 48.1 Å². The van der Waals surface area contributed by atoms with Gasteiger partial charge in [0.1, 0.15) is 5.75 Å². The van der Waals surface area contributed by atoms with Gasteiger partial charge < -0.3 is 10.1 Å². The SMILES string of the molecule is C=CCNC(=S)N/N=C\c1ccc(OC(=O)c2cccc([N+](=O)[O-])c2)cc1. The number of hydrogen-bond acceptors (Lipinski definition) is 6. The molecule has 0 saturated carbocycles. The van der Waals surface area contributed by atoms with Crippen LogP contribution >= 0.6 is 12.2 Å². The van der Waals surface area contributed by atoms with Gasteiger partial charge in [-0.1, -0.05) is 12.1 Å². The number of nitro groups is 1. The Bertz CT molecular complexity index is 881. The highest BCUT2D eigenvalue weighted by Gasteiger charge is 2.13. The third kappa shape index (κ3) is 6.33. The first kappa shape index (κ1) is 19.7. The second kappa shape index (κ2) is 9.78. The first-order chi connectivity index (χ1) is 13.0. The number of carbonyl (C=O) groups is 1. The molecule has 0 fully saturated rings. The zero-order valence-electron chi connectivity index (χ0n) is 14.1. The quantitative estimate of drug-likeness (QED) is 0.144. The zero-order chi connectivity index (χ0) is 19.6. The van der Waals surface area contributed by atoms with Crippen molar-refractivity contribution >= 4 is 35.2 Å². The van der Waals surface area contributed by atoms with E-state index in [-0.39, 0.29) is 11.3 Å². The van der Waals surface area contributed by atoms with Gasteiger partial charge in [0.2, 0.25) is 0 Å². The highest BCUT2D eigenvalue weighted by Crippen LogP contribution is 2.17. The fraction of sp³-hybridized carbons (Fsp3) is 0.0556. The van der Waals surface area contributed by atoms with Gasteiger partial charge in [0, 0.05) is 18.7 Å². The van der Waals surface area contributed by atoms with E-state index in [1.54, 1.807) is 36.6 Å². The molecule has 0 aliphatic carbocycles. The van der Waals surface area contributed by atoms with Crippen LogP contribution in [0.3, 0.4) is 0 Å².